The van der Waals surface area contributed by atoms with Crippen LogP contribution in [0.4, 0.5) is 23.2 Å². The number of hydrogen-bond donors (Lipinski definition) is 1. The normalized spacial score (nSPS) is 12.0. The van der Waals surface area contributed by atoms with Gasteiger partial charge in [-0.15, -0.1) is 11.8 Å². The Labute approximate surface area is 128 Å². The fraction of sp³-hybridized carbons (Fsp3) is 0.133. The van der Waals surface area contributed by atoms with Gasteiger partial charge in [0.2, 0.25) is 5.91 Å². The molecule has 2 nitrogen and oxygen atoms in total. The minimum absolute atomic E-state index is 0.0395. The van der Waals surface area contributed by atoms with Crippen LogP contribution in [-0.4, -0.2) is 11.2 Å². The van der Waals surface area contributed by atoms with E-state index in [0.717, 1.165) is 48.2 Å². The quantitative estimate of drug-likeness (QED) is 0.667. The second-order valence-electron chi connectivity index (χ2n) is 4.45. The second kappa shape index (κ2) is 6.83. The number of nitrogens with one attached hydrogen (secondary N) is 1. The minimum Gasteiger partial charge on any atom is -0.323 e. The number of thioether (sulfide) groups is 1. The third-order valence-corrected chi connectivity index (χ3v) is 3.89. The molecule has 0 bridgehead atoms. The van der Waals surface area contributed by atoms with Gasteiger partial charge in [0.1, 0.15) is 23.3 Å². The first-order valence-corrected chi connectivity index (χ1v) is 7.12. The van der Waals surface area contributed by atoms with Crippen molar-refractivity contribution in [1.29, 1.82) is 0 Å². The Kier molecular flexibility index (Phi) is 5.07. The summed E-state index contributed by atoms with van der Waals surface area (Å²) in [5.74, 6) is -3.44. The standard InChI is InChI=1S/C15H11F4NOS/c1-8(22-14-7-10(17)3-5-12(14)19)15(21)20-13-6-9(16)2-4-11(13)18/h2-8H,1H3,(H,20,21)/t8-/m1/s1. The second-order valence-corrected chi connectivity index (χ2v) is 5.83. The molecule has 2 aromatic carbocycles. The summed E-state index contributed by atoms with van der Waals surface area (Å²) >= 11 is 0.779. The van der Waals surface area contributed by atoms with E-state index in [9.17, 15) is 22.4 Å². The zero-order valence-corrected chi connectivity index (χ0v) is 12.2. The van der Waals surface area contributed by atoms with Gasteiger partial charge in [-0.1, -0.05) is 0 Å². The number of anilines is 1. The molecule has 0 saturated heterocycles. The van der Waals surface area contributed by atoms with Gasteiger partial charge in [0.05, 0.1) is 10.9 Å². The third kappa shape index (κ3) is 4.00. The van der Waals surface area contributed by atoms with Gasteiger partial charge in [0.25, 0.3) is 0 Å². The molecule has 2 rings (SSSR count). The zero-order chi connectivity index (χ0) is 16.3. The van der Waals surface area contributed by atoms with E-state index in [0.29, 0.717) is 0 Å². The van der Waals surface area contributed by atoms with Crippen LogP contribution >= 0.6 is 11.8 Å². The van der Waals surface area contributed by atoms with E-state index in [1.165, 1.54) is 6.92 Å². The summed E-state index contributed by atoms with van der Waals surface area (Å²) in [6.45, 7) is 1.45. The highest BCUT2D eigenvalue weighted by Crippen LogP contribution is 2.28. The summed E-state index contributed by atoms with van der Waals surface area (Å²) < 4.78 is 53.0. The summed E-state index contributed by atoms with van der Waals surface area (Å²) in [5, 5.41) is 1.38. The van der Waals surface area contributed by atoms with Crippen LogP contribution in [0.25, 0.3) is 0 Å². The molecule has 1 N–H and O–H groups in total. The van der Waals surface area contributed by atoms with E-state index >= 15 is 0 Å². The number of carbonyl (C=O) groups is 1. The van der Waals surface area contributed by atoms with E-state index in [1.807, 2.05) is 0 Å². The number of benzene rings is 2. The van der Waals surface area contributed by atoms with Crippen LogP contribution in [-0.2, 0) is 4.79 Å². The molecule has 0 radical (unpaired) electrons. The molecule has 0 saturated carbocycles. The predicted octanol–water partition coefficient (Wildman–Crippen LogP) is 4.36. The first-order chi connectivity index (χ1) is 10.4. The molecule has 0 unspecified atom stereocenters. The van der Waals surface area contributed by atoms with Gasteiger partial charge in [0.15, 0.2) is 0 Å². The Balaban J connectivity index is 2.09. The number of amides is 1. The third-order valence-electron chi connectivity index (χ3n) is 2.75. The van der Waals surface area contributed by atoms with Crippen LogP contribution in [0.2, 0.25) is 0 Å². The average Bonchev–Trinajstić information content (AvgIpc) is 2.46. The van der Waals surface area contributed by atoms with Crippen molar-refractivity contribution >= 4 is 23.4 Å². The Morgan fingerprint density at radius 1 is 1.00 bits per heavy atom. The topological polar surface area (TPSA) is 29.1 Å². The van der Waals surface area contributed by atoms with Crippen LogP contribution in [0.5, 0.6) is 0 Å². The van der Waals surface area contributed by atoms with E-state index < -0.39 is 34.4 Å². The lowest BCUT2D eigenvalue weighted by Gasteiger charge is -2.13. The molecule has 22 heavy (non-hydrogen) atoms. The largest absolute Gasteiger partial charge is 0.323 e. The molecule has 0 heterocycles. The average molecular weight is 329 g/mol. The van der Waals surface area contributed by atoms with Crippen LogP contribution in [0.3, 0.4) is 0 Å². The van der Waals surface area contributed by atoms with Crippen molar-refractivity contribution in [1.82, 2.24) is 0 Å². The van der Waals surface area contributed by atoms with Gasteiger partial charge in [-0.25, -0.2) is 17.6 Å². The van der Waals surface area contributed by atoms with Crippen molar-refractivity contribution in [2.75, 3.05) is 5.32 Å². The summed E-state index contributed by atoms with van der Waals surface area (Å²) in [4.78, 5) is 11.9. The summed E-state index contributed by atoms with van der Waals surface area (Å²) in [6.07, 6.45) is 0. The maximum atomic E-state index is 13.5. The molecule has 0 spiro atoms. The van der Waals surface area contributed by atoms with Gasteiger partial charge in [-0.05, 0) is 37.3 Å². The van der Waals surface area contributed by atoms with Crippen molar-refractivity contribution in [3.8, 4) is 0 Å². The lowest BCUT2D eigenvalue weighted by Crippen LogP contribution is -2.23. The highest BCUT2D eigenvalue weighted by Gasteiger charge is 2.18. The maximum absolute atomic E-state index is 13.5. The minimum atomic E-state index is -0.834. The van der Waals surface area contributed by atoms with Crippen molar-refractivity contribution in [2.24, 2.45) is 0 Å². The molecule has 0 aromatic heterocycles. The molecule has 0 aliphatic rings. The van der Waals surface area contributed by atoms with E-state index in [4.69, 9.17) is 0 Å². The first kappa shape index (κ1) is 16.4. The Morgan fingerprint density at radius 3 is 2.27 bits per heavy atom. The maximum Gasteiger partial charge on any atom is 0.237 e. The van der Waals surface area contributed by atoms with Crippen LogP contribution in [0, 0.1) is 23.3 Å². The van der Waals surface area contributed by atoms with E-state index in [-0.39, 0.29) is 10.6 Å². The molecule has 0 fully saturated rings. The van der Waals surface area contributed by atoms with Crippen LogP contribution < -0.4 is 5.32 Å². The van der Waals surface area contributed by atoms with Gasteiger partial charge in [0, 0.05) is 11.0 Å². The van der Waals surface area contributed by atoms with Gasteiger partial charge >= 0.3 is 0 Å². The van der Waals surface area contributed by atoms with Crippen molar-refractivity contribution in [2.45, 2.75) is 17.1 Å². The van der Waals surface area contributed by atoms with E-state index in [2.05, 4.69) is 5.32 Å². The number of carbonyl (C=O) groups excluding carboxylic acids is 1. The molecular formula is C15H11F4NOS. The molecule has 2 aromatic rings. The fourth-order valence-corrected chi connectivity index (χ4v) is 2.55. The molecule has 1 atom stereocenters. The highest BCUT2D eigenvalue weighted by molar-refractivity contribution is 8.00. The van der Waals surface area contributed by atoms with Crippen LogP contribution in [0.15, 0.2) is 41.3 Å². The van der Waals surface area contributed by atoms with Crippen molar-refractivity contribution in [3.63, 3.8) is 0 Å². The zero-order valence-electron chi connectivity index (χ0n) is 11.4. The molecule has 0 aliphatic heterocycles. The SMILES string of the molecule is C[C@@H](Sc1cc(F)ccc1F)C(=O)Nc1cc(F)ccc1F. The van der Waals surface area contributed by atoms with E-state index in [1.54, 1.807) is 0 Å². The fourth-order valence-electron chi connectivity index (χ4n) is 1.64. The van der Waals surface area contributed by atoms with Crippen molar-refractivity contribution in [3.05, 3.63) is 59.7 Å². The number of rotatable bonds is 4. The van der Waals surface area contributed by atoms with Gasteiger partial charge in [-0.2, -0.15) is 0 Å². The smallest absolute Gasteiger partial charge is 0.237 e. The molecule has 0 aliphatic carbocycles. The molecule has 116 valence electrons. The lowest BCUT2D eigenvalue weighted by molar-refractivity contribution is -0.115. The first-order valence-electron chi connectivity index (χ1n) is 6.24. The number of hydrogen-bond acceptors (Lipinski definition) is 2. The number of halogens is 4. The van der Waals surface area contributed by atoms with Gasteiger partial charge in [-0.3, -0.25) is 4.79 Å². The monoisotopic (exact) mass is 329 g/mol. The molecular weight excluding hydrogens is 318 g/mol. The molecule has 1 amide bonds. The van der Waals surface area contributed by atoms with Crippen LogP contribution in [0.1, 0.15) is 6.92 Å². The van der Waals surface area contributed by atoms with Gasteiger partial charge < -0.3 is 5.32 Å². The summed E-state index contributed by atoms with van der Waals surface area (Å²) in [5.41, 5.74) is -0.308. The Morgan fingerprint density at radius 2 is 1.59 bits per heavy atom. The predicted molar refractivity (Wildman–Crippen MR) is 76.7 cm³/mol. The lowest BCUT2D eigenvalue weighted by atomic mass is 10.3. The molecule has 7 heteroatoms. The summed E-state index contributed by atoms with van der Waals surface area (Å²) in [6, 6.07) is 5.53. The Bertz CT molecular complexity index is 708. The Hall–Kier alpha value is -2.02. The van der Waals surface area contributed by atoms with Crippen molar-refractivity contribution < 1.29 is 22.4 Å². The highest BCUT2D eigenvalue weighted by atomic mass is 32.2. The summed E-state index contributed by atoms with van der Waals surface area (Å²) in [7, 11) is 0.